The first-order valence-corrected chi connectivity index (χ1v) is 8.26. The topological polar surface area (TPSA) is 72.2 Å². The Kier molecular flexibility index (Phi) is 10.8. The molecule has 1 atom stereocenters. The van der Waals surface area contributed by atoms with Crippen LogP contribution in [0.4, 0.5) is 0 Å². The maximum absolute atomic E-state index is 5.81. The van der Waals surface area contributed by atoms with Crippen molar-refractivity contribution in [1.82, 2.24) is 0 Å². The van der Waals surface area contributed by atoms with Crippen molar-refractivity contribution in [3.8, 4) is 0 Å². The Hall–Kier alpha value is -0.0231. The van der Waals surface area contributed by atoms with E-state index in [4.69, 9.17) is 28.8 Å². The van der Waals surface area contributed by atoms with Crippen molar-refractivity contribution < 1.29 is 23.1 Å². The highest BCUT2D eigenvalue weighted by atomic mass is 28.3. The van der Waals surface area contributed by atoms with Crippen LogP contribution >= 0.6 is 0 Å². The molecule has 0 amide bonds. The van der Waals surface area contributed by atoms with Gasteiger partial charge in [-0.15, -0.1) is 0 Å². The van der Waals surface area contributed by atoms with Crippen LogP contribution in [-0.4, -0.2) is 48.9 Å². The fourth-order valence-corrected chi connectivity index (χ4v) is 2.97. The van der Waals surface area contributed by atoms with Crippen LogP contribution in [0.15, 0.2) is 0 Å². The third-order valence-electron chi connectivity index (χ3n) is 2.15. The van der Waals surface area contributed by atoms with Gasteiger partial charge in [0.25, 0.3) is 0 Å². The van der Waals surface area contributed by atoms with E-state index in [0.29, 0.717) is 26.4 Å². The van der Waals surface area contributed by atoms with E-state index in [1.54, 1.807) is 7.11 Å². The Morgan fingerprint density at radius 2 is 1.50 bits per heavy atom. The molecule has 1 unspecified atom stereocenters. The Bertz CT molecular complexity index is 179. The van der Waals surface area contributed by atoms with Gasteiger partial charge in [-0.05, 0) is 39.8 Å². The van der Waals surface area contributed by atoms with Crippen LogP contribution in [0.3, 0.4) is 0 Å². The van der Waals surface area contributed by atoms with Gasteiger partial charge in [0.15, 0.2) is 0 Å². The molecule has 6 nitrogen and oxygen atoms in total. The van der Waals surface area contributed by atoms with Crippen molar-refractivity contribution in [3.63, 3.8) is 0 Å². The predicted octanol–water partition coefficient (Wildman–Crippen LogP) is 0.939. The quantitative estimate of drug-likeness (QED) is 0.424. The van der Waals surface area contributed by atoms with Crippen LogP contribution in [0.5, 0.6) is 0 Å². The first kappa shape index (κ1) is 18.0. The summed E-state index contributed by atoms with van der Waals surface area (Å²) in [5.74, 6) is 0. The lowest BCUT2D eigenvalue weighted by molar-refractivity contribution is -0.473. The van der Waals surface area contributed by atoms with Crippen LogP contribution in [0.1, 0.15) is 27.2 Å². The van der Waals surface area contributed by atoms with E-state index in [1.807, 2.05) is 20.8 Å². The van der Waals surface area contributed by atoms with Crippen LogP contribution in [-0.2, 0) is 23.1 Å². The van der Waals surface area contributed by atoms with Gasteiger partial charge < -0.3 is 28.8 Å². The van der Waals surface area contributed by atoms with Gasteiger partial charge in [-0.2, -0.15) is 0 Å². The zero-order chi connectivity index (χ0) is 13.9. The summed E-state index contributed by atoms with van der Waals surface area (Å²) < 4.78 is 27.6. The molecular weight excluding hydrogens is 254 g/mol. The fraction of sp³-hybridized carbons (Fsp3) is 1.00. The molecule has 0 aliphatic carbocycles. The smallest absolute Gasteiger partial charge is 0.400 e. The summed E-state index contributed by atoms with van der Waals surface area (Å²) in [6.07, 6.45) is -0.578. The van der Waals surface area contributed by atoms with Crippen molar-refractivity contribution in [2.75, 3.05) is 33.5 Å². The number of hydrogen-bond acceptors (Lipinski definition) is 6. The molecule has 0 saturated heterocycles. The molecule has 7 heteroatoms. The van der Waals surface area contributed by atoms with Crippen molar-refractivity contribution in [2.24, 2.45) is 5.73 Å². The summed E-state index contributed by atoms with van der Waals surface area (Å²) in [5, 5.41) is 0. The second-order valence-electron chi connectivity index (χ2n) is 3.51. The SMILES string of the molecule is CCOC(OCC)(OCC)O[SiH](CCCN)OC. The minimum atomic E-state index is -1.91. The minimum Gasteiger partial charge on any atom is -0.400 e. The van der Waals surface area contributed by atoms with Crippen LogP contribution in [0.25, 0.3) is 0 Å². The molecule has 0 radical (unpaired) electrons. The molecule has 2 N–H and O–H groups in total. The zero-order valence-corrected chi connectivity index (χ0v) is 13.1. The summed E-state index contributed by atoms with van der Waals surface area (Å²) in [7, 11) is -0.278. The van der Waals surface area contributed by atoms with E-state index in [0.717, 1.165) is 12.5 Å². The van der Waals surface area contributed by atoms with Crippen LogP contribution in [0, 0.1) is 0 Å². The molecule has 0 aliphatic rings. The molecular formula is C11H27NO5Si. The van der Waals surface area contributed by atoms with E-state index >= 15 is 0 Å². The van der Waals surface area contributed by atoms with Crippen LogP contribution in [0.2, 0.25) is 6.04 Å². The lowest BCUT2D eigenvalue weighted by Crippen LogP contribution is -2.47. The van der Waals surface area contributed by atoms with Gasteiger partial charge in [-0.25, -0.2) is 0 Å². The van der Waals surface area contributed by atoms with Crippen molar-refractivity contribution in [1.29, 1.82) is 0 Å². The van der Waals surface area contributed by atoms with Gasteiger partial charge in [-0.1, -0.05) is 0 Å². The van der Waals surface area contributed by atoms with E-state index in [2.05, 4.69) is 0 Å². The molecule has 0 aromatic heterocycles. The highest BCUT2D eigenvalue weighted by Gasteiger charge is 2.38. The number of rotatable bonds is 12. The largest absolute Gasteiger partial charge is 0.404 e. The Balaban J connectivity index is 4.58. The average molecular weight is 281 g/mol. The third kappa shape index (κ3) is 6.79. The van der Waals surface area contributed by atoms with Gasteiger partial charge >= 0.3 is 15.4 Å². The van der Waals surface area contributed by atoms with Gasteiger partial charge in [0, 0.05) is 7.11 Å². The summed E-state index contributed by atoms with van der Waals surface area (Å²) in [6.45, 7) is 7.49. The van der Waals surface area contributed by atoms with E-state index < -0.39 is 15.4 Å². The van der Waals surface area contributed by atoms with Gasteiger partial charge in [0.05, 0.1) is 19.8 Å². The van der Waals surface area contributed by atoms with Gasteiger partial charge in [0.1, 0.15) is 0 Å². The molecule has 0 aliphatic heterocycles. The standard InChI is InChI=1S/C11H27NO5Si/c1-5-14-11(15-6-2,16-7-3)17-18(13-4)10-8-9-12/h18H,5-10,12H2,1-4H3. The molecule has 0 aromatic carbocycles. The van der Waals surface area contributed by atoms with E-state index in [9.17, 15) is 0 Å². The van der Waals surface area contributed by atoms with Crippen molar-refractivity contribution in [2.45, 2.75) is 39.4 Å². The summed E-state index contributed by atoms with van der Waals surface area (Å²) in [6, 6.07) is 0.794. The summed E-state index contributed by atoms with van der Waals surface area (Å²) in [4.78, 5) is 0. The van der Waals surface area contributed by atoms with Crippen molar-refractivity contribution >= 4 is 9.28 Å². The highest BCUT2D eigenvalue weighted by molar-refractivity contribution is 6.44. The normalized spacial score (nSPS) is 13.8. The molecule has 0 rings (SSSR count). The maximum Gasteiger partial charge on any atom is 0.404 e. The summed E-state index contributed by atoms with van der Waals surface area (Å²) in [5.41, 5.74) is 5.49. The van der Waals surface area contributed by atoms with Gasteiger partial charge in [0.2, 0.25) is 0 Å². The number of hydrogen-bond donors (Lipinski definition) is 1. The molecule has 0 aromatic rings. The molecule has 0 saturated carbocycles. The minimum absolute atomic E-state index is 0.432. The van der Waals surface area contributed by atoms with Crippen molar-refractivity contribution in [3.05, 3.63) is 0 Å². The average Bonchev–Trinajstić information content (AvgIpc) is 2.35. The predicted molar refractivity (Wildman–Crippen MR) is 71.3 cm³/mol. The monoisotopic (exact) mass is 281 g/mol. The molecule has 0 fully saturated rings. The second-order valence-corrected chi connectivity index (χ2v) is 5.66. The Labute approximate surface area is 112 Å². The Morgan fingerprint density at radius 1 is 1.00 bits per heavy atom. The molecule has 0 heterocycles. The molecule has 110 valence electrons. The zero-order valence-electron chi connectivity index (χ0n) is 11.9. The number of ether oxygens (including phenoxy) is 3. The van der Waals surface area contributed by atoms with E-state index in [1.165, 1.54) is 0 Å². The first-order valence-electron chi connectivity index (χ1n) is 6.50. The first-order chi connectivity index (χ1) is 8.67. The summed E-state index contributed by atoms with van der Waals surface area (Å²) >= 11 is 0. The second kappa shape index (κ2) is 10.9. The maximum atomic E-state index is 5.81. The molecule has 18 heavy (non-hydrogen) atoms. The lowest BCUT2D eigenvalue weighted by Gasteiger charge is -2.33. The Morgan fingerprint density at radius 3 is 1.83 bits per heavy atom. The fourth-order valence-electron chi connectivity index (χ4n) is 1.43. The highest BCUT2D eigenvalue weighted by Crippen LogP contribution is 2.20. The van der Waals surface area contributed by atoms with Gasteiger partial charge in [-0.3, -0.25) is 0 Å². The molecule has 0 spiro atoms. The van der Waals surface area contributed by atoms with E-state index in [-0.39, 0.29) is 0 Å². The molecule has 0 bridgehead atoms. The number of nitrogens with two attached hydrogens (primary N) is 1. The third-order valence-corrected chi connectivity index (χ3v) is 4.10. The lowest BCUT2D eigenvalue weighted by atomic mass is 10.5. The van der Waals surface area contributed by atoms with Crippen LogP contribution < -0.4 is 5.73 Å².